The molecule has 4 aromatic carbocycles. The molecule has 1 atom stereocenters. The van der Waals surface area contributed by atoms with Crippen molar-refractivity contribution in [3.05, 3.63) is 121 Å². The number of rotatable bonds is 10. The van der Waals surface area contributed by atoms with Crippen LogP contribution in [-0.4, -0.2) is 24.3 Å². The van der Waals surface area contributed by atoms with Gasteiger partial charge in [0.2, 0.25) is 0 Å². The number of hydrogen-bond donors (Lipinski definition) is 1. The summed E-state index contributed by atoms with van der Waals surface area (Å²) in [6, 6.07) is 41.7. The van der Waals surface area contributed by atoms with Crippen LogP contribution in [0, 0.1) is 0 Å². The van der Waals surface area contributed by atoms with Gasteiger partial charge in [0.15, 0.2) is 0 Å². The standard InChI is InChI=1S/C29H30N2O/c32-24-29(31(27-18-9-3-10-19-27)28-20-11-4-12-21-28)22-13-23-30(25-14-5-1-6-15-25)26-16-7-2-8-17-26/h1-12,14-21,29,32H,13,22-24H2. The fourth-order valence-electron chi connectivity index (χ4n) is 4.16. The molecule has 1 unspecified atom stereocenters. The van der Waals surface area contributed by atoms with Gasteiger partial charge in [-0.3, -0.25) is 0 Å². The minimum atomic E-state index is -0.00630. The summed E-state index contributed by atoms with van der Waals surface area (Å²) in [7, 11) is 0. The summed E-state index contributed by atoms with van der Waals surface area (Å²) < 4.78 is 0. The largest absolute Gasteiger partial charge is 0.394 e. The predicted octanol–water partition coefficient (Wildman–Crippen LogP) is 6.80. The molecule has 3 heteroatoms. The van der Waals surface area contributed by atoms with E-state index in [1.54, 1.807) is 0 Å². The van der Waals surface area contributed by atoms with E-state index in [1.165, 1.54) is 11.4 Å². The molecule has 0 aliphatic carbocycles. The van der Waals surface area contributed by atoms with Crippen LogP contribution in [0.3, 0.4) is 0 Å². The molecule has 0 aliphatic heterocycles. The molecule has 0 radical (unpaired) electrons. The zero-order valence-corrected chi connectivity index (χ0v) is 18.3. The highest BCUT2D eigenvalue weighted by molar-refractivity contribution is 5.64. The zero-order chi connectivity index (χ0) is 22.0. The first-order valence-corrected chi connectivity index (χ1v) is 11.2. The molecule has 0 fully saturated rings. The molecule has 3 nitrogen and oxygen atoms in total. The summed E-state index contributed by atoms with van der Waals surface area (Å²) in [5, 5.41) is 10.4. The van der Waals surface area contributed by atoms with Gasteiger partial charge in [0.25, 0.3) is 0 Å². The first-order chi connectivity index (χ1) is 15.9. The highest BCUT2D eigenvalue weighted by Gasteiger charge is 2.20. The van der Waals surface area contributed by atoms with E-state index in [2.05, 4.69) is 82.6 Å². The number of aliphatic hydroxyl groups excluding tert-OH is 1. The Hall–Kier alpha value is -3.56. The number of nitrogens with zero attached hydrogens (tertiary/aromatic N) is 2. The van der Waals surface area contributed by atoms with Crippen LogP contribution in [0.25, 0.3) is 0 Å². The van der Waals surface area contributed by atoms with Crippen LogP contribution in [0.4, 0.5) is 22.7 Å². The lowest BCUT2D eigenvalue weighted by Crippen LogP contribution is -2.35. The fourth-order valence-corrected chi connectivity index (χ4v) is 4.16. The minimum Gasteiger partial charge on any atom is -0.394 e. The van der Waals surface area contributed by atoms with Crippen LogP contribution >= 0.6 is 0 Å². The third kappa shape index (κ3) is 5.37. The molecular weight excluding hydrogens is 392 g/mol. The van der Waals surface area contributed by atoms with Gasteiger partial charge in [0.1, 0.15) is 0 Å². The molecule has 0 aromatic heterocycles. The van der Waals surface area contributed by atoms with Gasteiger partial charge in [0, 0.05) is 29.3 Å². The lowest BCUT2D eigenvalue weighted by Gasteiger charge is -2.34. The van der Waals surface area contributed by atoms with E-state index < -0.39 is 0 Å². The zero-order valence-electron chi connectivity index (χ0n) is 18.3. The van der Waals surface area contributed by atoms with Gasteiger partial charge in [-0.05, 0) is 61.4 Å². The molecule has 0 saturated carbocycles. The van der Waals surface area contributed by atoms with E-state index in [9.17, 15) is 5.11 Å². The highest BCUT2D eigenvalue weighted by atomic mass is 16.3. The van der Waals surface area contributed by atoms with Crippen LogP contribution < -0.4 is 9.80 Å². The molecule has 0 amide bonds. The van der Waals surface area contributed by atoms with Crippen LogP contribution in [0.2, 0.25) is 0 Å². The summed E-state index contributed by atoms with van der Waals surface area (Å²) >= 11 is 0. The maximum Gasteiger partial charge on any atom is 0.0639 e. The Morgan fingerprint density at radius 1 is 0.531 bits per heavy atom. The normalized spacial score (nSPS) is 11.7. The van der Waals surface area contributed by atoms with Crippen molar-refractivity contribution in [1.82, 2.24) is 0 Å². The van der Waals surface area contributed by atoms with Gasteiger partial charge >= 0.3 is 0 Å². The predicted molar refractivity (Wildman–Crippen MR) is 135 cm³/mol. The highest BCUT2D eigenvalue weighted by Crippen LogP contribution is 2.30. The maximum absolute atomic E-state index is 10.4. The van der Waals surface area contributed by atoms with Crippen molar-refractivity contribution in [2.75, 3.05) is 23.0 Å². The fraction of sp³-hybridized carbons (Fsp3) is 0.172. The maximum atomic E-state index is 10.4. The average molecular weight is 423 g/mol. The molecular formula is C29H30N2O. The van der Waals surface area contributed by atoms with Crippen LogP contribution in [-0.2, 0) is 0 Å². The molecule has 32 heavy (non-hydrogen) atoms. The molecule has 0 bridgehead atoms. The number of aliphatic hydroxyl groups is 1. The minimum absolute atomic E-state index is 0.00630. The van der Waals surface area contributed by atoms with E-state index >= 15 is 0 Å². The van der Waals surface area contributed by atoms with E-state index in [0.29, 0.717) is 0 Å². The van der Waals surface area contributed by atoms with Crippen LogP contribution in [0.15, 0.2) is 121 Å². The van der Waals surface area contributed by atoms with E-state index in [-0.39, 0.29) is 12.6 Å². The Balaban J connectivity index is 1.53. The van der Waals surface area contributed by atoms with Crippen molar-refractivity contribution < 1.29 is 5.11 Å². The Bertz CT molecular complexity index is 961. The topological polar surface area (TPSA) is 26.7 Å². The van der Waals surface area contributed by atoms with Gasteiger partial charge < -0.3 is 14.9 Å². The number of anilines is 4. The van der Waals surface area contributed by atoms with Gasteiger partial charge in [-0.1, -0.05) is 72.8 Å². The SMILES string of the molecule is OCC(CCCN(c1ccccc1)c1ccccc1)N(c1ccccc1)c1ccccc1. The molecule has 4 rings (SSSR count). The smallest absolute Gasteiger partial charge is 0.0639 e. The summed E-state index contributed by atoms with van der Waals surface area (Å²) in [5.74, 6) is 0. The van der Waals surface area contributed by atoms with E-state index in [1.807, 2.05) is 48.5 Å². The molecule has 0 heterocycles. The molecule has 0 spiro atoms. The van der Waals surface area contributed by atoms with Gasteiger partial charge in [-0.2, -0.15) is 0 Å². The second kappa shape index (κ2) is 11.2. The summed E-state index contributed by atoms with van der Waals surface area (Å²) in [4.78, 5) is 4.61. The quantitative estimate of drug-likeness (QED) is 0.304. The van der Waals surface area contributed by atoms with Crippen LogP contribution in [0.5, 0.6) is 0 Å². The van der Waals surface area contributed by atoms with Gasteiger partial charge in [-0.15, -0.1) is 0 Å². The molecule has 162 valence electrons. The first-order valence-electron chi connectivity index (χ1n) is 11.2. The van der Waals surface area contributed by atoms with Crippen molar-refractivity contribution >= 4 is 22.7 Å². The van der Waals surface area contributed by atoms with Crippen molar-refractivity contribution in [2.24, 2.45) is 0 Å². The molecule has 1 N–H and O–H groups in total. The van der Waals surface area contributed by atoms with Crippen molar-refractivity contribution in [3.63, 3.8) is 0 Å². The van der Waals surface area contributed by atoms with Crippen molar-refractivity contribution in [3.8, 4) is 0 Å². The van der Waals surface area contributed by atoms with Crippen LogP contribution in [0.1, 0.15) is 12.8 Å². The summed E-state index contributed by atoms with van der Waals surface area (Å²) in [6.07, 6.45) is 1.82. The lowest BCUT2D eigenvalue weighted by molar-refractivity contribution is 0.257. The third-order valence-electron chi connectivity index (χ3n) is 5.70. The second-order valence-electron chi connectivity index (χ2n) is 7.84. The molecule has 4 aromatic rings. The molecule has 0 saturated heterocycles. The first kappa shape index (κ1) is 21.7. The summed E-state index contributed by atoms with van der Waals surface area (Å²) in [5.41, 5.74) is 4.56. The average Bonchev–Trinajstić information content (AvgIpc) is 2.88. The number of benzene rings is 4. The Morgan fingerprint density at radius 2 is 0.906 bits per heavy atom. The Labute approximate surface area is 191 Å². The monoisotopic (exact) mass is 422 g/mol. The third-order valence-corrected chi connectivity index (χ3v) is 5.70. The van der Waals surface area contributed by atoms with E-state index in [0.717, 1.165) is 30.8 Å². The van der Waals surface area contributed by atoms with E-state index in [4.69, 9.17) is 0 Å². The van der Waals surface area contributed by atoms with Crippen molar-refractivity contribution in [2.45, 2.75) is 18.9 Å². The van der Waals surface area contributed by atoms with Gasteiger partial charge in [0.05, 0.1) is 12.6 Å². The Morgan fingerprint density at radius 3 is 1.28 bits per heavy atom. The summed E-state index contributed by atoms with van der Waals surface area (Å²) in [6.45, 7) is 0.975. The number of hydrogen-bond acceptors (Lipinski definition) is 3. The van der Waals surface area contributed by atoms with Gasteiger partial charge in [-0.25, -0.2) is 0 Å². The second-order valence-corrected chi connectivity index (χ2v) is 7.84. The molecule has 0 aliphatic rings. The Kier molecular flexibility index (Phi) is 7.56. The lowest BCUT2D eigenvalue weighted by atomic mass is 10.1. The van der Waals surface area contributed by atoms with Crippen molar-refractivity contribution in [1.29, 1.82) is 0 Å². The number of para-hydroxylation sites is 4.